The number of benzene rings is 2. The van der Waals surface area contributed by atoms with Crippen LogP contribution >= 0.6 is 22.9 Å². The molecule has 1 aliphatic rings. The fourth-order valence-corrected chi connectivity index (χ4v) is 4.75. The quantitative estimate of drug-likeness (QED) is 0.371. The number of hydrogen-bond acceptors (Lipinski definition) is 6. The molecule has 0 saturated carbocycles. The lowest BCUT2D eigenvalue weighted by molar-refractivity contribution is 0.0766. The number of carbonyl (C=O) groups is 2. The van der Waals surface area contributed by atoms with Crippen molar-refractivity contribution in [3.63, 3.8) is 0 Å². The van der Waals surface area contributed by atoms with E-state index in [-0.39, 0.29) is 11.8 Å². The van der Waals surface area contributed by atoms with Gasteiger partial charge in [-0.25, -0.2) is 0 Å². The third-order valence-corrected chi connectivity index (χ3v) is 6.59. The summed E-state index contributed by atoms with van der Waals surface area (Å²) in [5, 5.41) is 9.96. The van der Waals surface area contributed by atoms with Crippen molar-refractivity contribution >= 4 is 46.3 Å². The largest absolute Gasteiger partial charge is 0.363 e. The van der Waals surface area contributed by atoms with Gasteiger partial charge in [0.15, 0.2) is 5.82 Å². The Morgan fingerprint density at radius 3 is 2.76 bits per heavy atom. The Morgan fingerprint density at radius 2 is 1.97 bits per heavy atom. The SMILES string of the molecule is O=C(Nc1cccc2c1CN(Cc1cccc(CNc3ccon3)c1)C2=O)c1ccc(Cl)s1. The van der Waals surface area contributed by atoms with Crippen LogP contribution in [0.5, 0.6) is 0 Å². The number of nitrogens with one attached hydrogen (secondary N) is 2. The van der Waals surface area contributed by atoms with Gasteiger partial charge in [-0.2, -0.15) is 0 Å². The maximum atomic E-state index is 13.0. The summed E-state index contributed by atoms with van der Waals surface area (Å²) in [7, 11) is 0. The van der Waals surface area contributed by atoms with E-state index in [0.717, 1.165) is 16.7 Å². The Bertz CT molecular complexity index is 1320. The number of halogens is 1. The van der Waals surface area contributed by atoms with Crippen molar-refractivity contribution < 1.29 is 14.1 Å². The smallest absolute Gasteiger partial charge is 0.265 e. The van der Waals surface area contributed by atoms with E-state index < -0.39 is 0 Å². The Kier molecular flexibility index (Phi) is 5.85. The Hall–Kier alpha value is -3.62. The van der Waals surface area contributed by atoms with Crippen molar-refractivity contribution in [2.45, 2.75) is 19.6 Å². The van der Waals surface area contributed by atoms with Crippen molar-refractivity contribution in [2.24, 2.45) is 0 Å². The molecule has 5 rings (SSSR count). The Balaban J connectivity index is 1.29. The summed E-state index contributed by atoms with van der Waals surface area (Å²) in [5.74, 6) is 0.384. The second-order valence-electron chi connectivity index (χ2n) is 7.61. The highest BCUT2D eigenvalue weighted by molar-refractivity contribution is 7.18. The first-order valence-corrected chi connectivity index (χ1v) is 11.5. The van der Waals surface area contributed by atoms with Gasteiger partial charge in [0.05, 0.1) is 9.21 Å². The molecule has 1 aliphatic heterocycles. The molecule has 0 saturated heterocycles. The standard InChI is InChI=1S/C24H19ClN4O3S/c25-21-8-7-20(33-21)23(30)27-19-6-2-5-17-18(19)14-29(24(17)31)13-16-4-1-3-15(11-16)12-26-22-9-10-32-28-22/h1-11H,12-14H2,(H,26,28)(H,27,30). The zero-order valence-corrected chi connectivity index (χ0v) is 18.9. The van der Waals surface area contributed by atoms with Gasteiger partial charge in [0.2, 0.25) is 0 Å². The second-order valence-corrected chi connectivity index (χ2v) is 9.32. The lowest BCUT2D eigenvalue weighted by Gasteiger charge is -2.16. The van der Waals surface area contributed by atoms with Crippen LogP contribution in [0.2, 0.25) is 4.34 Å². The van der Waals surface area contributed by atoms with Crippen molar-refractivity contribution in [1.29, 1.82) is 0 Å². The average Bonchev–Trinajstić information content (AvgIpc) is 3.55. The van der Waals surface area contributed by atoms with Crippen LogP contribution in [0.1, 0.15) is 36.7 Å². The molecule has 33 heavy (non-hydrogen) atoms. The highest BCUT2D eigenvalue weighted by Gasteiger charge is 2.30. The van der Waals surface area contributed by atoms with Gasteiger partial charge in [0.25, 0.3) is 11.8 Å². The lowest BCUT2D eigenvalue weighted by atomic mass is 10.1. The summed E-state index contributed by atoms with van der Waals surface area (Å²) in [6.45, 7) is 1.49. The molecule has 2 N–H and O–H groups in total. The molecule has 2 amide bonds. The van der Waals surface area contributed by atoms with Gasteiger partial charge < -0.3 is 20.1 Å². The third kappa shape index (κ3) is 4.62. The maximum absolute atomic E-state index is 13.0. The Labute approximate surface area is 199 Å². The monoisotopic (exact) mass is 478 g/mol. The van der Waals surface area contributed by atoms with Crippen molar-refractivity contribution in [2.75, 3.05) is 10.6 Å². The van der Waals surface area contributed by atoms with E-state index in [0.29, 0.717) is 45.9 Å². The summed E-state index contributed by atoms with van der Waals surface area (Å²) < 4.78 is 5.38. The summed E-state index contributed by atoms with van der Waals surface area (Å²) in [6, 6.07) is 18.6. The minimum atomic E-state index is -0.237. The highest BCUT2D eigenvalue weighted by Crippen LogP contribution is 2.31. The van der Waals surface area contributed by atoms with Gasteiger partial charge >= 0.3 is 0 Å². The molecule has 2 aromatic heterocycles. The Morgan fingerprint density at radius 1 is 1.12 bits per heavy atom. The van der Waals surface area contributed by atoms with Gasteiger partial charge in [-0.15, -0.1) is 11.3 Å². The van der Waals surface area contributed by atoms with Crippen LogP contribution in [-0.2, 0) is 19.6 Å². The van der Waals surface area contributed by atoms with Crippen LogP contribution in [0.4, 0.5) is 11.5 Å². The third-order valence-electron chi connectivity index (χ3n) is 5.36. The van der Waals surface area contributed by atoms with Crippen molar-refractivity contribution in [1.82, 2.24) is 10.1 Å². The molecule has 9 heteroatoms. The summed E-state index contributed by atoms with van der Waals surface area (Å²) in [4.78, 5) is 27.9. The molecule has 0 atom stereocenters. The van der Waals surface area contributed by atoms with Crippen molar-refractivity contribution in [3.8, 4) is 0 Å². The topological polar surface area (TPSA) is 87.5 Å². The molecular formula is C24H19ClN4O3S. The van der Waals surface area contributed by atoms with E-state index in [1.165, 1.54) is 17.6 Å². The fourth-order valence-electron chi connectivity index (χ4n) is 3.81. The predicted molar refractivity (Wildman–Crippen MR) is 128 cm³/mol. The van der Waals surface area contributed by atoms with Gasteiger partial charge in [0, 0.05) is 42.5 Å². The van der Waals surface area contributed by atoms with E-state index in [4.69, 9.17) is 16.1 Å². The number of carbonyl (C=O) groups excluding carboxylic acids is 2. The van der Waals surface area contributed by atoms with Gasteiger partial charge in [-0.1, -0.05) is 47.1 Å². The maximum Gasteiger partial charge on any atom is 0.265 e. The minimum Gasteiger partial charge on any atom is -0.363 e. The highest BCUT2D eigenvalue weighted by atomic mass is 35.5. The zero-order valence-electron chi connectivity index (χ0n) is 17.4. The van der Waals surface area contributed by atoms with Crippen LogP contribution < -0.4 is 10.6 Å². The molecule has 0 unspecified atom stereocenters. The average molecular weight is 479 g/mol. The number of fused-ring (bicyclic) bond motifs is 1. The van der Waals surface area contributed by atoms with Gasteiger partial charge in [-0.05, 0) is 35.4 Å². The predicted octanol–water partition coefficient (Wildman–Crippen LogP) is 5.41. The zero-order chi connectivity index (χ0) is 22.8. The van der Waals surface area contributed by atoms with E-state index >= 15 is 0 Å². The van der Waals surface area contributed by atoms with Gasteiger partial charge in [0.1, 0.15) is 6.26 Å². The molecule has 4 aromatic rings. The van der Waals surface area contributed by atoms with Crippen LogP contribution in [-0.4, -0.2) is 21.9 Å². The first-order chi connectivity index (χ1) is 16.1. The van der Waals surface area contributed by atoms with E-state index in [2.05, 4.69) is 21.9 Å². The molecule has 3 heterocycles. The molecule has 0 aliphatic carbocycles. The normalized spacial score (nSPS) is 12.6. The number of rotatable bonds is 7. The molecule has 2 aromatic carbocycles. The molecular weight excluding hydrogens is 460 g/mol. The first-order valence-electron chi connectivity index (χ1n) is 10.3. The van der Waals surface area contributed by atoms with E-state index in [1.54, 1.807) is 35.2 Å². The second kappa shape index (κ2) is 9.09. The summed E-state index contributed by atoms with van der Waals surface area (Å²) in [6.07, 6.45) is 1.52. The number of anilines is 2. The van der Waals surface area contributed by atoms with Crippen LogP contribution in [0.25, 0.3) is 0 Å². The number of thiophene rings is 1. The van der Waals surface area contributed by atoms with E-state index in [9.17, 15) is 9.59 Å². The summed E-state index contributed by atoms with van der Waals surface area (Å²) >= 11 is 7.17. The number of hydrogen-bond donors (Lipinski definition) is 2. The first kappa shape index (κ1) is 21.2. The molecule has 0 radical (unpaired) electrons. The van der Waals surface area contributed by atoms with E-state index in [1.807, 2.05) is 24.3 Å². The van der Waals surface area contributed by atoms with Crippen LogP contribution in [0.3, 0.4) is 0 Å². The van der Waals surface area contributed by atoms with Gasteiger partial charge in [-0.3, -0.25) is 9.59 Å². The minimum absolute atomic E-state index is 0.0496. The molecule has 0 fully saturated rings. The lowest BCUT2D eigenvalue weighted by Crippen LogP contribution is -2.23. The number of nitrogens with zero attached hydrogens (tertiary/aromatic N) is 2. The molecule has 0 spiro atoms. The fraction of sp³-hybridized carbons (Fsp3) is 0.125. The van der Waals surface area contributed by atoms with Crippen LogP contribution in [0.15, 0.2) is 71.4 Å². The number of aromatic nitrogens is 1. The number of amides is 2. The van der Waals surface area contributed by atoms with Crippen LogP contribution in [0, 0.1) is 0 Å². The molecule has 7 nitrogen and oxygen atoms in total. The van der Waals surface area contributed by atoms with Crippen molar-refractivity contribution in [3.05, 3.63) is 98.4 Å². The molecule has 0 bridgehead atoms. The molecule has 166 valence electrons. The summed E-state index contributed by atoms with van der Waals surface area (Å²) in [5.41, 5.74) is 4.17.